The first-order valence-electron chi connectivity index (χ1n) is 7.01. The average Bonchev–Trinajstić information content (AvgIpc) is 2.76. The van der Waals surface area contributed by atoms with Crippen LogP contribution in [0.3, 0.4) is 0 Å². The summed E-state index contributed by atoms with van der Waals surface area (Å²) in [4.78, 5) is 11.8. The Morgan fingerprint density at radius 2 is 2.25 bits per heavy atom. The van der Waals surface area contributed by atoms with Gasteiger partial charge in [0.25, 0.3) is 0 Å². The summed E-state index contributed by atoms with van der Waals surface area (Å²) >= 11 is 0. The molecule has 6 nitrogen and oxygen atoms in total. The molecule has 0 aromatic carbocycles. The molecule has 0 radical (unpaired) electrons. The van der Waals surface area contributed by atoms with Crippen LogP contribution in [0.25, 0.3) is 0 Å². The van der Waals surface area contributed by atoms with E-state index in [-0.39, 0.29) is 18.6 Å². The number of carbonyl (C=O) groups is 1. The molecule has 0 saturated heterocycles. The third-order valence-corrected chi connectivity index (χ3v) is 3.09. The van der Waals surface area contributed by atoms with E-state index >= 15 is 0 Å². The Kier molecular flexibility index (Phi) is 6.67. The Balaban J connectivity index is 2.71. The van der Waals surface area contributed by atoms with Gasteiger partial charge in [-0.25, -0.2) is 4.79 Å². The van der Waals surface area contributed by atoms with Gasteiger partial charge in [-0.2, -0.15) is 5.10 Å². The second-order valence-corrected chi connectivity index (χ2v) is 5.24. The smallest absolute Gasteiger partial charge is 0.341 e. The summed E-state index contributed by atoms with van der Waals surface area (Å²) in [5.41, 5.74) is 1.24. The number of aliphatic hydroxyl groups is 1. The molecule has 1 heterocycles. The van der Waals surface area contributed by atoms with Crippen LogP contribution in [-0.4, -0.2) is 40.1 Å². The minimum Gasteiger partial charge on any atom is -0.462 e. The number of nitrogens with zero attached hydrogens (tertiary/aromatic N) is 2. The molecule has 2 N–H and O–H groups in total. The maximum atomic E-state index is 11.8. The molecule has 0 saturated carbocycles. The Morgan fingerprint density at radius 1 is 1.55 bits per heavy atom. The van der Waals surface area contributed by atoms with Crippen molar-refractivity contribution < 1.29 is 14.6 Å². The molecule has 114 valence electrons. The highest BCUT2D eigenvalue weighted by Crippen LogP contribution is 2.11. The van der Waals surface area contributed by atoms with E-state index in [4.69, 9.17) is 4.74 Å². The Bertz CT molecular complexity index is 429. The van der Waals surface area contributed by atoms with Crippen molar-refractivity contribution in [2.45, 2.75) is 39.8 Å². The maximum absolute atomic E-state index is 11.8. The number of aliphatic hydroxyl groups excluding tert-OH is 1. The summed E-state index contributed by atoms with van der Waals surface area (Å²) in [6.45, 7) is 6.88. The summed E-state index contributed by atoms with van der Waals surface area (Å²) in [5, 5.41) is 16.7. The van der Waals surface area contributed by atoms with Crippen LogP contribution < -0.4 is 5.32 Å². The zero-order valence-corrected chi connectivity index (χ0v) is 12.7. The lowest BCUT2D eigenvalue weighted by Gasteiger charge is -2.18. The van der Waals surface area contributed by atoms with Gasteiger partial charge in [-0.1, -0.05) is 13.8 Å². The molecule has 0 fully saturated rings. The zero-order valence-electron chi connectivity index (χ0n) is 12.7. The number of rotatable bonds is 8. The van der Waals surface area contributed by atoms with Gasteiger partial charge in [0.2, 0.25) is 0 Å². The summed E-state index contributed by atoms with van der Waals surface area (Å²) in [6, 6.07) is 0.0138. The minimum absolute atomic E-state index is 0.0138. The summed E-state index contributed by atoms with van der Waals surface area (Å²) < 4.78 is 6.67. The molecule has 0 spiro atoms. The van der Waals surface area contributed by atoms with Gasteiger partial charge >= 0.3 is 5.97 Å². The molecule has 1 rings (SSSR count). The van der Waals surface area contributed by atoms with Gasteiger partial charge in [0.1, 0.15) is 5.56 Å². The summed E-state index contributed by atoms with van der Waals surface area (Å²) in [5.74, 6) is 0.137. The van der Waals surface area contributed by atoms with Crippen molar-refractivity contribution in [2.24, 2.45) is 13.0 Å². The van der Waals surface area contributed by atoms with Crippen LogP contribution in [0.4, 0.5) is 0 Å². The molecule has 1 aromatic rings. The molecule has 0 bridgehead atoms. The van der Waals surface area contributed by atoms with E-state index in [1.165, 1.54) is 6.20 Å². The van der Waals surface area contributed by atoms with Crippen LogP contribution >= 0.6 is 0 Å². The van der Waals surface area contributed by atoms with E-state index < -0.39 is 0 Å². The molecule has 1 aromatic heterocycles. The van der Waals surface area contributed by atoms with E-state index in [1.54, 1.807) is 18.7 Å². The van der Waals surface area contributed by atoms with Crippen LogP contribution in [-0.2, 0) is 18.3 Å². The first-order chi connectivity index (χ1) is 9.49. The third-order valence-electron chi connectivity index (χ3n) is 3.09. The first-order valence-corrected chi connectivity index (χ1v) is 7.01. The van der Waals surface area contributed by atoms with Crippen LogP contribution in [0.1, 0.15) is 43.2 Å². The van der Waals surface area contributed by atoms with Crippen molar-refractivity contribution in [3.05, 3.63) is 17.5 Å². The van der Waals surface area contributed by atoms with Crippen molar-refractivity contribution in [3.63, 3.8) is 0 Å². The lowest BCUT2D eigenvalue weighted by molar-refractivity contribution is 0.0524. The van der Waals surface area contributed by atoms with Crippen molar-refractivity contribution in [2.75, 3.05) is 13.2 Å². The van der Waals surface area contributed by atoms with E-state index in [9.17, 15) is 9.90 Å². The summed E-state index contributed by atoms with van der Waals surface area (Å²) in [6.07, 6.45) is 2.40. The monoisotopic (exact) mass is 283 g/mol. The van der Waals surface area contributed by atoms with Crippen molar-refractivity contribution in [3.8, 4) is 0 Å². The van der Waals surface area contributed by atoms with Crippen LogP contribution in [0, 0.1) is 5.92 Å². The SMILES string of the molecule is CCOC(=O)c1cnn(C)c1CNC(CO)CC(C)C. The van der Waals surface area contributed by atoms with Crippen molar-refractivity contribution in [1.82, 2.24) is 15.1 Å². The minimum atomic E-state index is -0.359. The highest BCUT2D eigenvalue weighted by Gasteiger charge is 2.18. The van der Waals surface area contributed by atoms with Crippen LogP contribution in [0.5, 0.6) is 0 Å². The van der Waals surface area contributed by atoms with Crippen LogP contribution in [0.2, 0.25) is 0 Å². The van der Waals surface area contributed by atoms with E-state index in [1.807, 2.05) is 0 Å². The molecule has 0 aliphatic heterocycles. The normalized spacial score (nSPS) is 12.7. The Morgan fingerprint density at radius 3 is 2.80 bits per heavy atom. The second-order valence-electron chi connectivity index (χ2n) is 5.24. The number of esters is 1. The van der Waals surface area contributed by atoms with Gasteiger partial charge in [-0.3, -0.25) is 4.68 Å². The number of hydrogen-bond donors (Lipinski definition) is 2. The van der Waals surface area contributed by atoms with E-state index in [0.717, 1.165) is 12.1 Å². The fraction of sp³-hybridized carbons (Fsp3) is 0.714. The average molecular weight is 283 g/mol. The van der Waals surface area contributed by atoms with Gasteiger partial charge in [0.05, 0.1) is 25.1 Å². The highest BCUT2D eigenvalue weighted by molar-refractivity contribution is 5.90. The molecule has 1 atom stereocenters. The fourth-order valence-electron chi connectivity index (χ4n) is 2.08. The molecule has 20 heavy (non-hydrogen) atoms. The quantitative estimate of drug-likeness (QED) is 0.699. The standard InChI is InChI=1S/C14H25N3O3/c1-5-20-14(19)12-7-16-17(4)13(12)8-15-11(9-18)6-10(2)3/h7,10-11,15,18H,5-6,8-9H2,1-4H3. The molecular weight excluding hydrogens is 258 g/mol. The van der Waals surface area contributed by atoms with Gasteiger partial charge in [-0.15, -0.1) is 0 Å². The molecular formula is C14H25N3O3. The summed E-state index contributed by atoms with van der Waals surface area (Å²) in [7, 11) is 1.79. The largest absolute Gasteiger partial charge is 0.462 e. The van der Waals surface area contributed by atoms with Crippen LogP contribution in [0.15, 0.2) is 6.20 Å². The lowest BCUT2D eigenvalue weighted by atomic mass is 10.0. The second kappa shape index (κ2) is 8.01. The fourth-order valence-corrected chi connectivity index (χ4v) is 2.08. The number of hydrogen-bond acceptors (Lipinski definition) is 5. The van der Waals surface area contributed by atoms with Crippen molar-refractivity contribution >= 4 is 5.97 Å². The Hall–Kier alpha value is -1.40. The molecule has 1 unspecified atom stereocenters. The first kappa shape index (κ1) is 16.7. The molecule has 0 amide bonds. The number of aromatic nitrogens is 2. The molecule has 0 aliphatic rings. The zero-order chi connectivity index (χ0) is 15.1. The third kappa shape index (κ3) is 4.61. The van der Waals surface area contributed by atoms with Gasteiger partial charge < -0.3 is 15.2 Å². The predicted molar refractivity (Wildman–Crippen MR) is 76.3 cm³/mol. The highest BCUT2D eigenvalue weighted by atomic mass is 16.5. The van der Waals surface area contributed by atoms with E-state index in [0.29, 0.717) is 24.6 Å². The molecule has 6 heteroatoms. The number of nitrogens with one attached hydrogen (secondary N) is 1. The van der Waals surface area contributed by atoms with Gasteiger partial charge in [0, 0.05) is 19.6 Å². The van der Waals surface area contributed by atoms with E-state index in [2.05, 4.69) is 24.3 Å². The number of carbonyl (C=O) groups excluding carboxylic acids is 1. The lowest BCUT2D eigenvalue weighted by Crippen LogP contribution is -2.34. The number of ether oxygens (including phenoxy) is 1. The van der Waals surface area contributed by atoms with Crippen molar-refractivity contribution in [1.29, 1.82) is 0 Å². The predicted octanol–water partition coefficient (Wildman–Crippen LogP) is 1.09. The maximum Gasteiger partial charge on any atom is 0.341 e. The van der Waals surface area contributed by atoms with Gasteiger partial charge in [-0.05, 0) is 19.3 Å². The topological polar surface area (TPSA) is 76.4 Å². The Labute approximate surface area is 120 Å². The van der Waals surface area contributed by atoms with Gasteiger partial charge in [0.15, 0.2) is 0 Å². The number of aryl methyl sites for hydroxylation is 1. The molecule has 0 aliphatic carbocycles.